The Kier molecular flexibility index (Phi) is 5.38. The molecule has 25 heavy (non-hydrogen) atoms. The van der Waals surface area contributed by atoms with E-state index in [1.54, 1.807) is 0 Å². The Bertz CT molecular complexity index is 811. The highest BCUT2D eigenvalue weighted by atomic mass is 16.4. The molecular weight excluding hydrogens is 318 g/mol. The first-order valence-electron chi connectivity index (χ1n) is 8.02. The van der Waals surface area contributed by atoms with E-state index >= 15 is 0 Å². The molecule has 2 aromatic rings. The van der Waals surface area contributed by atoms with Crippen LogP contribution < -0.4 is 10.6 Å². The van der Waals surface area contributed by atoms with Crippen molar-refractivity contribution in [3.8, 4) is 12.3 Å². The van der Waals surface area contributed by atoms with Crippen LogP contribution in [-0.2, 0) is 4.79 Å². The number of amides is 2. The minimum absolute atomic E-state index is 0.0430. The standard InChI is InChI=1S/C19H23N3O3/c1-5-10-20-17(23)16(22-18(24)25)15(19(2,3)4)13-11-21-14-9-7-6-8-12(13)14/h1,6-9,11,15-16,21-22H,10H2,2-4H3,(H,20,23)(H,24,25). The second-order valence-corrected chi connectivity index (χ2v) is 6.98. The zero-order valence-corrected chi connectivity index (χ0v) is 14.6. The molecule has 0 saturated carbocycles. The van der Waals surface area contributed by atoms with Crippen LogP contribution in [0.2, 0.25) is 0 Å². The molecule has 0 saturated heterocycles. The third-order valence-corrected chi connectivity index (χ3v) is 4.15. The molecule has 2 rings (SSSR count). The fraction of sp³-hybridized carbons (Fsp3) is 0.368. The van der Waals surface area contributed by atoms with Gasteiger partial charge in [-0.25, -0.2) is 4.79 Å². The number of H-pyrrole nitrogens is 1. The molecule has 1 aromatic carbocycles. The summed E-state index contributed by atoms with van der Waals surface area (Å²) in [6.07, 6.45) is 5.79. The molecule has 2 atom stereocenters. The van der Waals surface area contributed by atoms with Crippen molar-refractivity contribution in [1.82, 2.24) is 15.6 Å². The Balaban J connectivity index is 2.54. The van der Waals surface area contributed by atoms with Crippen molar-refractivity contribution in [2.75, 3.05) is 6.54 Å². The van der Waals surface area contributed by atoms with Gasteiger partial charge in [-0.3, -0.25) is 4.79 Å². The number of fused-ring (bicyclic) bond motifs is 1. The van der Waals surface area contributed by atoms with Gasteiger partial charge in [-0.2, -0.15) is 0 Å². The predicted octanol–water partition coefficient (Wildman–Crippen LogP) is 2.68. The molecule has 6 nitrogen and oxygen atoms in total. The minimum Gasteiger partial charge on any atom is -0.465 e. The van der Waals surface area contributed by atoms with E-state index in [1.165, 1.54) is 0 Å². The summed E-state index contributed by atoms with van der Waals surface area (Å²) in [5.41, 5.74) is 1.44. The summed E-state index contributed by atoms with van der Waals surface area (Å²) in [6.45, 7) is 5.97. The van der Waals surface area contributed by atoms with Crippen molar-refractivity contribution in [2.45, 2.75) is 32.7 Å². The third-order valence-electron chi connectivity index (χ3n) is 4.15. The summed E-state index contributed by atoms with van der Waals surface area (Å²) in [5.74, 6) is 1.51. The number of hydrogen-bond donors (Lipinski definition) is 4. The quantitative estimate of drug-likeness (QED) is 0.630. The SMILES string of the molecule is C#CCNC(=O)C(NC(=O)O)C(c1c[nH]c2ccccc12)C(C)(C)C. The van der Waals surface area contributed by atoms with Crippen molar-refractivity contribution < 1.29 is 14.7 Å². The molecule has 4 N–H and O–H groups in total. The lowest BCUT2D eigenvalue weighted by molar-refractivity contribution is -0.124. The first-order valence-corrected chi connectivity index (χ1v) is 8.02. The van der Waals surface area contributed by atoms with Crippen LogP contribution in [0.4, 0.5) is 4.79 Å². The Morgan fingerprint density at radius 3 is 2.60 bits per heavy atom. The molecular formula is C19H23N3O3. The Labute approximate surface area is 147 Å². The molecule has 0 aliphatic heterocycles. The summed E-state index contributed by atoms with van der Waals surface area (Å²) in [7, 11) is 0. The number of benzene rings is 1. The molecule has 132 valence electrons. The topological polar surface area (TPSA) is 94.2 Å². The predicted molar refractivity (Wildman–Crippen MR) is 97.3 cm³/mol. The number of carboxylic acid groups (broad SMARTS) is 1. The van der Waals surface area contributed by atoms with Crippen molar-refractivity contribution in [2.24, 2.45) is 5.41 Å². The summed E-state index contributed by atoms with van der Waals surface area (Å²) in [4.78, 5) is 27.1. The number of carbonyl (C=O) groups excluding carboxylic acids is 1. The smallest absolute Gasteiger partial charge is 0.405 e. The Hall–Kier alpha value is -2.94. The van der Waals surface area contributed by atoms with E-state index < -0.39 is 24.0 Å². The largest absolute Gasteiger partial charge is 0.465 e. The van der Waals surface area contributed by atoms with E-state index in [2.05, 4.69) is 21.5 Å². The van der Waals surface area contributed by atoms with Gasteiger partial charge in [0.15, 0.2) is 0 Å². The van der Waals surface area contributed by atoms with Gasteiger partial charge in [0, 0.05) is 23.0 Å². The highest BCUT2D eigenvalue weighted by Crippen LogP contribution is 2.41. The van der Waals surface area contributed by atoms with Crippen LogP contribution in [0.1, 0.15) is 32.3 Å². The average molecular weight is 341 g/mol. The maximum atomic E-state index is 12.6. The van der Waals surface area contributed by atoms with E-state index in [4.69, 9.17) is 6.42 Å². The van der Waals surface area contributed by atoms with Crippen molar-refractivity contribution in [3.05, 3.63) is 36.0 Å². The average Bonchev–Trinajstić information content (AvgIpc) is 2.94. The number of aromatic nitrogens is 1. The van der Waals surface area contributed by atoms with Gasteiger partial charge in [0.1, 0.15) is 6.04 Å². The zero-order chi connectivity index (χ0) is 18.6. The Morgan fingerprint density at radius 1 is 1.32 bits per heavy atom. The van der Waals surface area contributed by atoms with Crippen LogP contribution in [0.15, 0.2) is 30.5 Å². The highest BCUT2D eigenvalue weighted by Gasteiger charge is 2.40. The third kappa shape index (κ3) is 4.13. The normalized spacial score (nSPS) is 13.7. The van der Waals surface area contributed by atoms with E-state index in [1.807, 2.05) is 51.2 Å². The van der Waals surface area contributed by atoms with E-state index in [-0.39, 0.29) is 12.0 Å². The molecule has 0 spiro atoms. The molecule has 6 heteroatoms. The van der Waals surface area contributed by atoms with Crippen LogP contribution in [-0.4, -0.2) is 34.7 Å². The number of rotatable bonds is 5. The van der Waals surface area contributed by atoms with Crippen LogP contribution in [0.5, 0.6) is 0 Å². The summed E-state index contributed by atoms with van der Waals surface area (Å²) in [6, 6.07) is 6.76. The van der Waals surface area contributed by atoms with Gasteiger partial charge in [-0.1, -0.05) is 44.9 Å². The summed E-state index contributed by atoms with van der Waals surface area (Å²) < 4.78 is 0. The van der Waals surface area contributed by atoms with E-state index in [0.29, 0.717) is 0 Å². The highest BCUT2D eigenvalue weighted by molar-refractivity contribution is 5.89. The molecule has 0 aliphatic rings. The molecule has 1 heterocycles. The van der Waals surface area contributed by atoms with Crippen LogP contribution in [0.3, 0.4) is 0 Å². The fourth-order valence-corrected chi connectivity index (χ4v) is 3.18. The zero-order valence-electron chi connectivity index (χ0n) is 14.6. The van der Waals surface area contributed by atoms with Crippen molar-refractivity contribution in [1.29, 1.82) is 0 Å². The van der Waals surface area contributed by atoms with Crippen LogP contribution in [0, 0.1) is 17.8 Å². The summed E-state index contributed by atoms with van der Waals surface area (Å²) in [5, 5.41) is 15.2. The van der Waals surface area contributed by atoms with Gasteiger partial charge in [0.25, 0.3) is 0 Å². The van der Waals surface area contributed by atoms with Crippen LogP contribution >= 0.6 is 0 Å². The van der Waals surface area contributed by atoms with E-state index in [0.717, 1.165) is 16.5 Å². The maximum absolute atomic E-state index is 12.6. The van der Waals surface area contributed by atoms with Crippen molar-refractivity contribution >= 4 is 22.9 Å². The van der Waals surface area contributed by atoms with Gasteiger partial charge >= 0.3 is 6.09 Å². The molecule has 2 amide bonds. The minimum atomic E-state index is -1.25. The molecule has 0 bridgehead atoms. The Morgan fingerprint density at radius 2 is 2.00 bits per heavy atom. The van der Waals surface area contributed by atoms with E-state index in [9.17, 15) is 14.7 Å². The number of para-hydroxylation sites is 1. The lowest BCUT2D eigenvalue weighted by Gasteiger charge is -2.36. The number of carbonyl (C=O) groups is 2. The second-order valence-electron chi connectivity index (χ2n) is 6.98. The summed E-state index contributed by atoms with van der Waals surface area (Å²) >= 11 is 0. The number of nitrogens with one attached hydrogen (secondary N) is 3. The second kappa shape index (κ2) is 7.31. The van der Waals surface area contributed by atoms with Gasteiger partial charge in [0.2, 0.25) is 5.91 Å². The number of aromatic amines is 1. The first-order chi connectivity index (χ1) is 11.8. The van der Waals surface area contributed by atoms with Crippen molar-refractivity contribution in [3.63, 3.8) is 0 Å². The molecule has 0 fully saturated rings. The first kappa shape index (κ1) is 18.4. The maximum Gasteiger partial charge on any atom is 0.405 e. The molecule has 0 radical (unpaired) electrons. The van der Waals surface area contributed by atoms with Gasteiger partial charge in [-0.05, 0) is 17.0 Å². The molecule has 1 aromatic heterocycles. The molecule has 0 aliphatic carbocycles. The van der Waals surface area contributed by atoms with Gasteiger partial charge < -0.3 is 20.7 Å². The van der Waals surface area contributed by atoms with Gasteiger partial charge in [-0.15, -0.1) is 6.42 Å². The number of terminal acetylenes is 1. The lowest BCUT2D eigenvalue weighted by Crippen LogP contribution is -2.52. The lowest BCUT2D eigenvalue weighted by atomic mass is 9.72. The fourth-order valence-electron chi connectivity index (χ4n) is 3.18. The number of hydrogen-bond acceptors (Lipinski definition) is 2. The molecule has 2 unspecified atom stereocenters. The van der Waals surface area contributed by atoms with Crippen LogP contribution in [0.25, 0.3) is 10.9 Å². The van der Waals surface area contributed by atoms with Gasteiger partial charge in [0.05, 0.1) is 6.54 Å². The monoisotopic (exact) mass is 341 g/mol.